The lowest BCUT2D eigenvalue weighted by Gasteiger charge is -2.49. The van der Waals surface area contributed by atoms with Gasteiger partial charge < -0.3 is 30.0 Å². The summed E-state index contributed by atoms with van der Waals surface area (Å²) >= 11 is 6.45. The molecule has 2 fully saturated rings. The average Bonchev–Trinajstić information content (AvgIpc) is 3.22. The zero-order valence-corrected chi connectivity index (χ0v) is 30.1. The smallest absolute Gasteiger partial charge is 0.264 e. The number of nitrogens with one attached hydrogen (secondary N) is 1. The number of aryl methyl sites for hydroxylation is 1. The van der Waals surface area contributed by atoms with Crippen molar-refractivity contribution >= 4 is 33.2 Å². The number of carbonyl (C=O) groups excluding carboxylic acids is 1. The van der Waals surface area contributed by atoms with Crippen molar-refractivity contribution in [3.8, 4) is 5.75 Å². The summed E-state index contributed by atoms with van der Waals surface area (Å²) in [6.45, 7) is 5.78. The first-order chi connectivity index (χ1) is 23.4. The zero-order valence-electron chi connectivity index (χ0n) is 28.5. The third kappa shape index (κ3) is 6.83. The molecule has 2 aromatic rings. The summed E-state index contributed by atoms with van der Waals surface area (Å²) in [5, 5.41) is 9.80. The fourth-order valence-corrected chi connectivity index (χ4v) is 10.4. The van der Waals surface area contributed by atoms with Gasteiger partial charge in [0.1, 0.15) is 5.75 Å². The molecular weight excluding hydrogens is 666 g/mol. The van der Waals surface area contributed by atoms with E-state index in [9.17, 15) is 18.3 Å². The summed E-state index contributed by atoms with van der Waals surface area (Å²) in [4.78, 5) is 15.9. The van der Waals surface area contributed by atoms with Crippen LogP contribution >= 0.6 is 11.6 Å². The lowest BCUT2D eigenvalue weighted by atomic mass is 9.64. The van der Waals surface area contributed by atoms with E-state index in [-0.39, 0.29) is 42.6 Å². The van der Waals surface area contributed by atoms with Crippen LogP contribution in [0, 0.1) is 23.7 Å². The van der Waals surface area contributed by atoms with Crippen molar-refractivity contribution in [3.05, 3.63) is 58.1 Å². The minimum absolute atomic E-state index is 0.0919. The van der Waals surface area contributed by atoms with Gasteiger partial charge in [0, 0.05) is 35.0 Å². The molecule has 3 heterocycles. The Kier molecular flexibility index (Phi) is 9.73. The van der Waals surface area contributed by atoms with Crippen LogP contribution in [0.1, 0.15) is 80.3 Å². The molecular formula is C37H50ClN3O7S. The lowest BCUT2D eigenvalue weighted by Crippen LogP contribution is -2.59. The van der Waals surface area contributed by atoms with Crippen LogP contribution in [0.15, 0.2) is 36.4 Å². The summed E-state index contributed by atoms with van der Waals surface area (Å²) in [5.74, 6) is 0.650. The fourth-order valence-electron chi connectivity index (χ4n) is 8.90. The molecule has 2 aliphatic carbocycles. The zero-order chi connectivity index (χ0) is 34.6. The maximum absolute atomic E-state index is 13.5. The predicted molar refractivity (Wildman–Crippen MR) is 188 cm³/mol. The lowest BCUT2D eigenvalue weighted by molar-refractivity contribution is -0.249. The van der Waals surface area contributed by atoms with Crippen LogP contribution in [0.3, 0.4) is 0 Å². The van der Waals surface area contributed by atoms with E-state index in [2.05, 4.69) is 21.8 Å². The number of nitrogens with two attached hydrogens (primary N) is 1. The van der Waals surface area contributed by atoms with Crippen molar-refractivity contribution in [3.63, 3.8) is 0 Å². The maximum atomic E-state index is 13.5. The Bertz CT molecular complexity index is 1660. The van der Waals surface area contributed by atoms with Gasteiger partial charge in [0.2, 0.25) is 10.0 Å². The number of halogens is 1. The monoisotopic (exact) mass is 715 g/mol. The summed E-state index contributed by atoms with van der Waals surface area (Å²) in [6.07, 6.45) is 6.89. The highest BCUT2D eigenvalue weighted by Crippen LogP contribution is 2.49. The quantitative estimate of drug-likeness (QED) is 0.401. The number of aliphatic hydroxyl groups is 1. The first kappa shape index (κ1) is 35.0. The second-order valence-corrected chi connectivity index (χ2v) is 18.0. The molecule has 268 valence electrons. The second kappa shape index (κ2) is 13.6. The van der Waals surface area contributed by atoms with Crippen molar-refractivity contribution in [2.75, 3.05) is 44.4 Å². The Balaban J connectivity index is 1.27. The van der Waals surface area contributed by atoms with Gasteiger partial charge in [-0.2, -0.15) is 0 Å². The van der Waals surface area contributed by atoms with Gasteiger partial charge >= 0.3 is 0 Å². The third-order valence-corrected chi connectivity index (χ3v) is 14.4. The maximum Gasteiger partial charge on any atom is 0.264 e. The van der Waals surface area contributed by atoms with E-state index < -0.39 is 33.0 Å². The number of sulfonamides is 1. The molecule has 7 rings (SSSR count). The number of aliphatic hydroxyl groups excluding tert-OH is 1. The summed E-state index contributed by atoms with van der Waals surface area (Å²) in [7, 11) is -3.94. The Hall–Kier alpha value is -2.41. The number of carbonyl (C=O) groups is 1. The van der Waals surface area contributed by atoms with E-state index in [4.69, 9.17) is 31.5 Å². The Labute approximate surface area is 295 Å². The number of ether oxygens (including phenoxy) is 3. The molecule has 49 heavy (non-hydrogen) atoms. The minimum Gasteiger partial charge on any atom is -0.490 e. The van der Waals surface area contributed by atoms with Crippen LogP contribution in [0.25, 0.3) is 0 Å². The molecule has 1 spiro atoms. The highest BCUT2D eigenvalue weighted by molar-refractivity contribution is 7.90. The number of anilines is 1. The molecule has 2 aromatic carbocycles. The topological polar surface area (TPSA) is 140 Å². The Morgan fingerprint density at radius 2 is 1.82 bits per heavy atom. The van der Waals surface area contributed by atoms with Crippen LogP contribution in [0.5, 0.6) is 5.75 Å². The van der Waals surface area contributed by atoms with Crippen LogP contribution in [0.2, 0.25) is 5.02 Å². The van der Waals surface area contributed by atoms with E-state index in [1.165, 1.54) is 11.1 Å². The number of nitrogens with zero attached hydrogens (tertiary/aromatic N) is 1. The van der Waals surface area contributed by atoms with Crippen molar-refractivity contribution in [1.82, 2.24) is 4.72 Å². The number of fused-ring (bicyclic) bond motifs is 4. The number of rotatable bonds is 2. The van der Waals surface area contributed by atoms with Gasteiger partial charge in [0.05, 0.1) is 42.9 Å². The summed E-state index contributed by atoms with van der Waals surface area (Å²) < 4.78 is 48.5. The minimum atomic E-state index is -3.94. The molecule has 0 unspecified atom stereocenters. The highest BCUT2D eigenvalue weighted by Gasteiger charge is 2.47. The first-order valence-electron chi connectivity index (χ1n) is 17.9. The molecule has 12 heteroatoms. The van der Waals surface area contributed by atoms with Crippen molar-refractivity contribution < 1.29 is 32.5 Å². The molecule has 2 bridgehead atoms. The number of hydrogen-bond donors (Lipinski definition) is 3. The van der Waals surface area contributed by atoms with Gasteiger partial charge in [-0.05, 0) is 111 Å². The Morgan fingerprint density at radius 1 is 1.02 bits per heavy atom. The number of amides is 1. The standard InChI is InChI=1S/C37H50ClN3O7S/c1-23-5-3-7-30(35-47-21-37(39,19-42)22-48-35)29-11-8-27(29)17-41-18-36(14-4-6-25-15-28(38)10-12-31(25)36)20-46-33-13-9-26(16-32(33)41)34(43)40-49(44,45)24(23)2/h9-10,12-13,15-16,23-24,27,29-30,35,42H,3-8,11,14,17-22,39H2,1-2H3,(H,40,43)/t23-,24+,27-,29+,30+,35-,36-,37+/m0/s1. The van der Waals surface area contributed by atoms with Gasteiger partial charge in [-0.1, -0.05) is 31.0 Å². The molecule has 5 aliphatic rings. The van der Waals surface area contributed by atoms with Gasteiger partial charge in [-0.3, -0.25) is 4.79 Å². The van der Waals surface area contributed by atoms with Crippen LogP contribution in [-0.4, -0.2) is 76.0 Å². The molecule has 3 aliphatic heterocycles. The second-order valence-electron chi connectivity index (χ2n) is 15.6. The van der Waals surface area contributed by atoms with E-state index in [1.54, 1.807) is 19.1 Å². The van der Waals surface area contributed by atoms with Gasteiger partial charge in [0.25, 0.3) is 5.91 Å². The first-order valence-corrected chi connectivity index (χ1v) is 19.8. The van der Waals surface area contributed by atoms with Crippen LogP contribution < -0.4 is 20.1 Å². The largest absolute Gasteiger partial charge is 0.490 e. The number of hydrogen-bond acceptors (Lipinski definition) is 9. The average molecular weight is 716 g/mol. The van der Waals surface area contributed by atoms with E-state index >= 15 is 0 Å². The molecule has 10 nitrogen and oxygen atoms in total. The Morgan fingerprint density at radius 3 is 2.55 bits per heavy atom. The van der Waals surface area contributed by atoms with Crippen molar-refractivity contribution in [2.24, 2.45) is 29.4 Å². The van der Waals surface area contributed by atoms with Crippen molar-refractivity contribution in [1.29, 1.82) is 0 Å². The molecule has 1 saturated heterocycles. The molecule has 0 aromatic heterocycles. The normalized spacial score (nSPS) is 36.3. The molecule has 6 atom stereocenters. The molecule has 4 N–H and O–H groups in total. The predicted octanol–water partition coefficient (Wildman–Crippen LogP) is 4.79. The van der Waals surface area contributed by atoms with Gasteiger partial charge in [0.15, 0.2) is 6.29 Å². The highest BCUT2D eigenvalue weighted by atomic mass is 35.5. The SMILES string of the molecule is C[C@@H]1[C@@H](C)CCC[C@@H]([C@H]2OC[C@](N)(CO)CO2)[C@@H]2CC[C@H]2CN2C[C@@]3(CCCc4cc(Cl)ccc43)COc3ccc(cc32)C(=O)NS1(=O)=O. The van der Waals surface area contributed by atoms with Crippen molar-refractivity contribution in [2.45, 2.75) is 87.7 Å². The van der Waals surface area contributed by atoms with Gasteiger partial charge in [-0.15, -0.1) is 0 Å². The van der Waals surface area contributed by atoms with E-state index in [0.717, 1.165) is 62.2 Å². The summed E-state index contributed by atoms with van der Waals surface area (Å²) in [6, 6.07) is 11.5. The van der Waals surface area contributed by atoms with E-state index in [0.29, 0.717) is 37.2 Å². The summed E-state index contributed by atoms with van der Waals surface area (Å²) in [5.41, 5.74) is 8.70. The molecule has 1 amide bonds. The van der Waals surface area contributed by atoms with E-state index in [1.807, 2.05) is 19.1 Å². The number of benzene rings is 2. The fraction of sp³-hybridized carbons (Fsp3) is 0.649. The molecule has 0 radical (unpaired) electrons. The molecule has 1 saturated carbocycles. The van der Waals surface area contributed by atoms with Gasteiger partial charge in [-0.25, -0.2) is 13.1 Å². The van der Waals surface area contributed by atoms with Crippen LogP contribution in [-0.2, 0) is 31.3 Å². The van der Waals surface area contributed by atoms with Crippen LogP contribution in [0.4, 0.5) is 5.69 Å². The third-order valence-electron chi connectivity index (χ3n) is 12.2.